The first kappa shape index (κ1) is 20.8. The standard InChI is InChI=1S/C18H20N4O5S2/c1-12(22(29(3,24)25)13-6-8-14(26-2)9-7-13)18(23)19-11-16-20-17(21-27-16)15-5-4-10-28-15/h4-10,12H,11H2,1-3H3,(H,19,23)/t12-/m0/s1. The van der Waals surface area contributed by atoms with Gasteiger partial charge in [-0.15, -0.1) is 11.3 Å². The summed E-state index contributed by atoms with van der Waals surface area (Å²) in [6.45, 7) is 1.49. The molecule has 1 N–H and O–H groups in total. The molecule has 0 saturated heterocycles. The highest BCUT2D eigenvalue weighted by Crippen LogP contribution is 2.24. The largest absolute Gasteiger partial charge is 0.497 e. The lowest BCUT2D eigenvalue weighted by Crippen LogP contribution is -2.47. The van der Waals surface area contributed by atoms with E-state index in [4.69, 9.17) is 9.26 Å². The Hall–Kier alpha value is -2.92. The van der Waals surface area contributed by atoms with Crippen LogP contribution in [0, 0.1) is 0 Å². The summed E-state index contributed by atoms with van der Waals surface area (Å²) >= 11 is 1.47. The zero-order valence-electron chi connectivity index (χ0n) is 16.0. The van der Waals surface area contributed by atoms with Crippen LogP contribution in [0.25, 0.3) is 10.7 Å². The molecule has 154 valence electrons. The molecule has 1 atom stereocenters. The molecule has 0 unspecified atom stereocenters. The van der Waals surface area contributed by atoms with Gasteiger partial charge in [0.15, 0.2) is 0 Å². The Morgan fingerprint density at radius 1 is 1.31 bits per heavy atom. The Morgan fingerprint density at radius 3 is 2.62 bits per heavy atom. The minimum absolute atomic E-state index is 0.0121. The highest BCUT2D eigenvalue weighted by molar-refractivity contribution is 7.92. The Balaban J connectivity index is 1.70. The Labute approximate surface area is 172 Å². The van der Waals surface area contributed by atoms with Crippen LogP contribution in [0.5, 0.6) is 5.75 Å². The average Bonchev–Trinajstić information content (AvgIpc) is 3.37. The Kier molecular flexibility index (Phi) is 6.18. The van der Waals surface area contributed by atoms with Crippen molar-refractivity contribution in [3.8, 4) is 16.5 Å². The van der Waals surface area contributed by atoms with Crippen molar-refractivity contribution in [3.05, 3.63) is 47.7 Å². The van der Waals surface area contributed by atoms with E-state index >= 15 is 0 Å². The van der Waals surface area contributed by atoms with Crippen LogP contribution in [0.2, 0.25) is 0 Å². The molecule has 1 aromatic carbocycles. The number of carbonyl (C=O) groups excluding carboxylic acids is 1. The number of nitrogens with zero attached hydrogens (tertiary/aromatic N) is 3. The maximum atomic E-state index is 12.6. The third kappa shape index (κ3) is 4.93. The van der Waals surface area contributed by atoms with Crippen LogP contribution in [-0.4, -0.2) is 43.9 Å². The van der Waals surface area contributed by atoms with Crippen LogP contribution in [0.15, 0.2) is 46.3 Å². The van der Waals surface area contributed by atoms with E-state index in [-0.39, 0.29) is 12.4 Å². The summed E-state index contributed by atoms with van der Waals surface area (Å²) in [6.07, 6.45) is 1.05. The van der Waals surface area contributed by atoms with Gasteiger partial charge in [0, 0.05) is 0 Å². The van der Waals surface area contributed by atoms with Gasteiger partial charge in [0.05, 0.1) is 30.5 Å². The molecule has 0 aliphatic heterocycles. The van der Waals surface area contributed by atoms with E-state index in [9.17, 15) is 13.2 Å². The van der Waals surface area contributed by atoms with E-state index < -0.39 is 22.0 Å². The minimum atomic E-state index is -3.71. The topological polar surface area (TPSA) is 115 Å². The van der Waals surface area contributed by atoms with Crippen LogP contribution in [-0.2, 0) is 21.4 Å². The molecule has 0 fully saturated rings. The predicted octanol–water partition coefficient (Wildman–Crippen LogP) is 2.28. The Morgan fingerprint density at radius 2 is 2.03 bits per heavy atom. The molecule has 0 saturated carbocycles. The lowest BCUT2D eigenvalue weighted by atomic mass is 10.2. The summed E-state index contributed by atoms with van der Waals surface area (Å²) in [6, 6.07) is 9.16. The molecule has 29 heavy (non-hydrogen) atoms. The first-order valence-electron chi connectivity index (χ1n) is 8.57. The van der Waals surface area contributed by atoms with Crippen LogP contribution >= 0.6 is 11.3 Å². The quantitative estimate of drug-likeness (QED) is 0.576. The van der Waals surface area contributed by atoms with Gasteiger partial charge in [-0.25, -0.2) is 8.42 Å². The average molecular weight is 437 g/mol. The number of hydrogen-bond donors (Lipinski definition) is 1. The fourth-order valence-electron chi connectivity index (χ4n) is 2.68. The normalized spacial score (nSPS) is 12.4. The van der Waals surface area contributed by atoms with Crippen molar-refractivity contribution in [2.75, 3.05) is 17.7 Å². The zero-order valence-corrected chi connectivity index (χ0v) is 17.7. The number of rotatable bonds is 8. The van der Waals surface area contributed by atoms with Crippen molar-refractivity contribution in [2.24, 2.45) is 0 Å². The third-order valence-corrected chi connectivity index (χ3v) is 6.15. The number of thiophene rings is 1. The minimum Gasteiger partial charge on any atom is -0.497 e. The maximum Gasteiger partial charge on any atom is 0.246 e. The molecule has 0 aliphatic rings. The smallest absolute Gasteiger partial charge is 0.246 e. The van der Waals surface area contributed by atoms with Gasteiger partial charge in [0.2, 0.25) is 27.6 Å². The molecule has 2 heterocycles. The van der Waals surface area contributed by atoms with Crippen molar-refractivity contribution < 1.29 is 22.5 Å². The molecule has 1 amide bonds. The van der Waals surface area contributed by atoms with E-state index in [1.165, 1.54) is 25.4 Å². The zero-order chi connectivity index (χ0) is 21.0. The van der Waals surface area contributed by atoms with Crippen LogP contribution in [0.4, 0.5) is 5.69 Å². The molecule has 0 bridgehead atoms. The van der Waals surface area contributed by atoms with Crippen LogP contribution in [0.1, 0.15) is 12.8 Å². The first-order valence-corrected chi connectivity index (χ1v) is 11.3. The fourth-order valence-corrected chi connectivity index (χ4v) is 4.50. The van der Waals surface area contributed by atoms with Crippen molar-refractivity contribution in [1.29, 1.82) is 0 Å². The van der Waals surface area contributed by atoms with E-state index in [1.54, 1.807) is 24.3 Å². The highest BCUT2D eigenvalue weighted by atomic mass is 32.2. The Bertz CT molecular complexity index is 1060. The van der Waals surface area contributed by atoms with E-state index in [0.717, 1.165) is 15.4 Å². The second-order valence-corrected chi connectivity index (χ2v) is 8.95. The number of ether oxygens (including phenoxy) is 1. The molecule has 0 spiro atoms. The second-order valence-electron chi connectivity index (χ2n) is 6.14. The highest BCUT2D eigenvalue weighted by Gasteiger charge is 2.29. The summed E-state index contributed by atoms with van der Waals surface area (Å²) in [4.78, 5) is 17.7. The lowest BCUT2D eigenvalue weighted by molar-refractivity contribution is -0.122. The first-order chi connectivity index (χ1) is 13.8. The van der Waals surface area contributed by atoms with Crippen molar-refractivity contribution in [3.63, 3.8) is 0 Å². The molecular formula is C18H20N4O5S2. The number of nitrogens with one attached hydrogen (secondary N) is 1. The molecule has 0 aliphatic carbocycles. The van der Waals surface area contributed by atoms with Gasteiger partial charge in [-0.2, -0.15) is 4.98 Å². The molecule has 2 aromatic heterocycles. The predicted molar refractivity (Wildman–Crippen MR) is 109 cm³/mol. The number of carbonyl (C=O) groups is 1. The number of anilines is 1. The van der Waals surface area contributed by atoms with Gasteiger partial charge in [-0.05, 0) is 42.6 Å². The molecule has 11 heteroatoms. The summed E-state index contributed by atoms with van der Waals surface area (Å²) in [5, 5.41) is 8.41. The SMILES string of the molecule is COc1ccc(N([C@@H](C)C(=O)NCc2nc(-c3cccs3)no2)S(C)(=O)=O)cc1. The summed E-state index contributed by atoms with van der Waals surface area (Å²) in [7, 11) is -2.19. The van der Waals surface area contributed by atoms with Crippen molar-refractivity contribution in [2.45, 2.75) is 19.5 Å². The van der Waals surface area contributed by atoms with Gasteiger partial charge in [0.1, 0.15) is 11.8 Å². The maximum absolute atomic E-state index is 12.6. The van der Waals surface area contributed by atoms with Gasteiger partial charge < -0.3 is 14.6 Å². The van der Waals surface area contributed by atoms with Gasteiger partial charge in [0.25, 0.3) is 0 Å². The van der Waals surface area contributed by atoms with Gasteiger partial charge in [-0.3, -0.25) is 9.10 Å². The molecule has 9 nitrogen and oxygen atoms in total. The number of hydrogen-bond acceptors (Lipinski definition) is 8. The monoisotopic (exact) mass is 436 g/mol. The molecule has 3 rings (SSSR count). The third-order valence-electron chi connectivity index (χ3n) is 4.04. The number of amides is 1. The van der Waals surface area contributed by atoms with Gasteiger partial charge in [-0.1, -0.05) is 11.2 Å². The summed E-state index contributed by atoms with van der Waals surface area (Å²) in [5.74, 6) is 0.747. The molecule has 3 aromatic rings. The van der Waals surface area contributed by atoms with Crippen molar-refractivity contribution >= 4 is 33.0 Å². The number of aromatic nitrogens is 2. The molecule has 0 radical (unpaired) electrons. The number of sulfonamides is 1. The second kappa shape index (κ2) is 8.62. The summed E-state index contributed by atoms with van der Waals surface area (Å²) in [5.41, 5.74) is 0.355. The van der Waals surface area contributed by atoms with Crippen molar-refractivity contribution in [1.82, 2.24) is 15.5 Å². The van der Waals surface area contributed by atoms with Crippen LogP contribution < -0.4 is 14.4 Å². The van der Waals surface area contributed by atoms with Gasteiger partial charge >= 0.3 is 0 Å². The summed E-state index contributed by atoms with van der Waals surface area (Å²) < 4.78 is 35.9. The number of benzene rings is 1. The van der Waals surface area contributed by atoms with E-state index in [0.29, 0.717) is 17.3 Å². The van der Waals surface area contributed by atoms with E-state index in [2.05, 4.69) is 15.5 Å². The van der Waals surface area contributed by atoms with Crippen LogP contribution in [0.3, 0.4) is 0 Å². The van der Waals surface area contributed by atoms with E-state index in [1.807, 2.05) is 17.5 Å². The number of methoxy groups -OCH3 is 1. The fraction of sp³-hybridized carbons (Fsp3) is 0.278. The lowest BCUT2D eigenvalue weighted by Gasteiger charge is -2.28. The molecular weight excluding hydrogens is 416 g/mol.